The second-order valence-corrected chi connectivity index (χ2v) is 9.61. The standard InChI is InChI=1S/C29H30N2O8S/c1-5-36-22-13-17(14-23(37-6-2)24(22)38-7-3)25(32)30-26-21(29(35)39-8-4)15-18(40-26)16-31-27(33)19-11-9-10-12-20(19)28(31)34/h9-15H,5-8,16H2,1-4H3,(H,30,32). The lowest BCUT2D eigenvalue weighted by Crippen LogP contribution is -2.28. The number of imide groups is 1. The lowest BCUT2D eigenvalue weighted by molar-refractivity contribution is 0.0527. The normalized spacial score (nSPS) is 12.2. The molecule has 210 valence electrons. The Morgan fingerprint density at radius 2 is 1.40 bits per heavy atom. The average Bonchev–Trinajstić information content (AvgIpc) is 3.45. The maximum atomic E-state index is 13.4. The van der Waals surface area contributed by atoms with E-state index in [1.807, 2.05) is 20.8 Å². The number of nitrogens with one attached hydrogen (secondary N) is 1. The van der Waals surface area contributed by atoms with Gasteiger partial charge in [-0.05, 0) is 58.0 Å². The molecule has 0 aliphatic carbocycles. The van der Waals surface area contributed by atoms with Crippen LogP contribution in [0.1, 0.15) is 74.0 Å². The third-order valence-electron chi connectivity index (χ3n) is 5.87. The van der Waals surface area contributed by atoms with Crippen LogP contribution in [-0.2, 0) is 11.3 Å². The third-order valence-corrected chi connectivity index (χ3v) is 6.90. The fourth-order valence-electron chi connectivity index (χ4n) is 4.21. The van der Waals surface area contributed by atoms with Crippen LogP contribution in [0.15, 0.2) is 42.5 Å². The van der Waals surface area contributed by atoms with Gasteiger partial charge in [-0.15, -0.1) is 11.3 Å². The fourth-order valence-corrected chi connectivity index (χ4v) is 5.24. The molecular weight excluding hydrogens is 536 g/mol. The van der Waals surface area contributed by atoms with E-state index in [-0.39, 0.29) is 29.3 Å². The lowest BCUT2D eigenvalue weighted by Gasteiger charge is -2.17. The largest absolute Gasteiger partial charge is 0.490 e. The molecule has 11 heteroatoms. The smallest absolute Gasteiger partial charge is 0.341 e. The van der Waals surface area contributed by atoms with Crippen molar-refractivity contribution in [1.82, 2.24) is 4.90 Å². The summed E-state index contributed by atoms with van der Waals surface area (Å²) in [5.41, 5.74) is 0.996. The number of hydrogen-bond acceptors (Lipinski definition) is 9. The van der Waals surface area contributed by atoms with E-state index in [0.717, 1.165) is 16.2 Å². The van der Waals surface area contributed by atoms with E-state index in [1.54, 1.807) is 43.3 Å². The van der Waals surface area contributed by atoms with Crippen LogP contribution >= 0.6 is 11.3 Å². The Morgan fingerprint density at radius 1 is 0.825 bits per heavy atom. The highest BCUT2D eigenvalue weighted by atomic mass is 32.1. The second kappa shape index (κ2) is 12.6. The molecule has 1 aromatic heterocycles. The highest BCUT2D eigenvalue weighted by Gasteiger charge is 2.36. The first kappa shape index (κ1) is 28.6. The summed E-state index contributed by atoms with van der Waals surface area (Å²) in [6, 6.07) is 11.2. The first-order valence-corrected chi connectivity index (χ1v) is 13.8. The summed E-state index contributed by atoms with van der Waals surface area (Å²) in [4.78, 5) is 53.5. The Bertz CT molecular complexity index is 1390. The van der Waals surface area contributed by atoms with Gasteiger partial charge in [-0.3, -0.25) is 19.3 Å². The van der Waals surface area contributed by atoms with Crippen molar-refractivity contribution in [2.45, 2.75) is 34.2 Å². The van der Waals surface area contributed by atoms with Gasteiger partial charge in [0.15, 0.2) is 11.5 Å². The summed E-state index contributed by atoms with van der Waals surface area (Å²) in [6.07, 6.45) is 0. The van der Waals surface area contributed by atoms with Gasteiger partial charge in [0.05, 0.1) is 49.7 Å². The van der Waals surface area contributed by atoms with Crippen molar-refractivity contribution < 1.29 is 38.1 Å². The average molecular weight is 567 g/mol. The number of rotatable bonds is 12. The van der Waals surface area contributed by atoms with Crippen LogP contribution < -0.4 is 19.5 Å². The molecule has 0 unspecified atom stereocenters. The van der Waals surface area contributed by atoms with E-state index in [4.69, 9.17) is 18.9 Å². The minimum atomic E-state index is -0.639. The quantitative estimate of drug-likeness (QED) is 0.236. The maximum Gasteiger partial charge on any atom is 0.341 e. The predicted molar refractivity (Wildman–Crippen MR) is 149 cm³/mol. The van der Waals surface area contributed by atoms with Crippen LogP contribution in [0, 0.1) is 0 Å². The molecular formula is C29H30N2O8S. The number of ether oxygens (including phenoxy) is 4. The second-order valence-electron chi connectivity index (χ2n) is 8.47. The molecule has 2 heterocycles. The first-order valence-electron chi connectivity index (χ1n) is 13.0. The highest BCUT2D eigenvalue weighted by Crippen LogP contribution is 2.40. The lowest BCUT2D eigenvalue weighted by atomic mass is 10.1. The number of thiophene rings is 1. The molecule has 0 atom stereocenters. The van der Waals surface area contributed by atoms with Gasteiger partial charge >= 0.3 is 5.97 Å². The minimum Gasteiger partial charge on any atom is -0.490 e. The van der Waals surface area contributed by atoms with Gasteiger partial charge < -0.3 is 24.3 Å². The molecule has 1 N–H and O–H groups in total. The number of esters is 1. The van der Waals surface area contributed by atoms with Crippen molar-refractivity contribution >= 4 is 40.0 Å². The molecule has 2 aromatic carbocycles. The molecule has 10 nitrogen and oxygen atoms in total. The Labute approximate surface area is 235 Å². The summed E-state index contributed by atoms with van der Waals surface area (Å²) in [5, 5.41) is 3.00. The first-order chi connectivity index (χ1) is 19.3. The number of carbonyl (C=O) groups excluding carboxylic acids is 4. The van der Waals surface area contributed by atoms with Crippen LogP contribution in [0.2, 0.25) is 0 Å². The number of nitrogens with zero attached hydrogens (tertiary/aromatic N) is 1. The van der Waals surface area contributed by atoms with Gasteiger partial charge in [-0.1, -0.05) is 12.1 Å². The molecule has 3 amide bonds. The van der Waals surface area contributed by atoms with Crippen molar-refractivity contribution in [2.24, 2.45) is 0 Å². The molecule has 0 bridgehead atoms. The van der Waals surface area contributed by atoms with Crippen LogP contribution in [0.5, 0.6) is 17.2 Å². The van der Waals surface area contributed by atoms with Crippen molar-refractivity contribution in [2.75, 3.05) is 31.7 Å². The zero-order valence-electron chi connectivity index (χ0n) is 22.7. The van der Waals surface area contributed by atoms with Crippen LogP contribution in [-0.4, -0.2) is 55.0 Å². The number of benzene rings is 2. The van der Waals surface area contributed by atoms with Crippen LogP contribution in [0.25, 0.3) is 0 Å². The van der Waals surface area contributed by atoms with Gasteiger partial charge in [-0.25, -0.2) is 4.79 Å². The van der Waals surface area contributed by atoms with E-state index in [0.29, 0.717) is 53.1 Å². The van der Waals surface area contributed by atoms with Crippen molar-refractivity contribution in [3.8, 4) is 17.2 Å². The Balaban J connectivity index is 1.65. The molecule has 0 saturated heterocycles. The van der Waals surface area contributed by atoms with Gasteiger partial charge in [0.2, 0.25) is 5.75 Å². The van der Waals surface area contributed by atoms with Crippen molar-refractivity contribution in [3.63, 3.8) is 0 Å². The number of anilines is 1. The molecule has 0 fully saturated rings. The minimum absolute atomic E-state index is 0.0642. The van der Waals surface area contributed by atoms with E-state index < -0.39 is 23.7 Å². The highest BCUT2D eigenvalue weighted by molar-refractivity contribution is 7.16. The maximum absolute atomic E-state index is 13.4. The topological polar surface area (TPSA) is 120 Å². The van der Waals surface area contributed by atoms with Gasteiger partial charge in [0, 0.05) is 10.4 Å². The summed E-state index contributed by atoms with van der Waals surface area (Å²) < 4.78 is 22.3. The molecule has 4 rings (SSSR count). The molecule has 0 radical (unpaired) electrons. The number of amides is 3. The van der Waals surface area contributed by atoms with Crippen LogP contribution in [0.4, 0.5) is 5.00 Å². The van der Waals surface area contributed by atoms with E-state index >= 15 is 0 Å². The molecule has 40 heavy (non-hydrogen) atoms. The SMILES string of the molecule is CCOC(=O)c1cc(CN2C(=O)c3ccccc3C2=O)sc1NC(=O)c1cc(OCC)c(OCC)c(OCC)c1. The van der Waals surface area contributed by atoms with Crippen LogP contribution in [0.3, 0.4) is 0 Å². The van der Waals surface area contributed by atoms with E-state index in [2.05, 4.69) is 5.32 Å². The third kappa shape index (κ3) is 5.79. The van der Waals surface area contributed by atoms with Gasteiger partial charge in [0.25, 0.3) is 17.7 Å². The molecule has 1 aliphatic heterocycles. The summed E-state index contributed by atoms with van der Waals surface area (Å²) >= 11 is 1.08. The zero-order chi connectivity index (χ0) is 28.8. The number of hydrogen-bond donors (Lipinski definition) is 1. The zero-order valence-corrected chi connectivity index (χ0v) is 23.5. The van der Waals surface area contributed by atoms with Crippen molar-refractivity contribution in [3.05, 3.63) is 69.6 Å². The number of carbonyl (C=O) groups is 4. The molecule has 0 saturated carbocycles. The summed E-state index contributed by atoms with van der Waals surface area (Å²) in [7, 11) is 0. The monoisotopic (exact) mass is 566 g/mol. The van der Waals surface area contributed by atoms with Gasteiger partial charge in [0.1, 0.15) is 5.00 Å². The molecule has 0 spiro atoms. The molecule has 3 aromatic rings. The van der Waals surface area contributed by atoms with E-state index in [1.165, 1.54) is 6.07 Å². The summed E-state index contributed by atoms with van der Waals surface area (Å²) in [6.45, 7) is 8.26. The Morgan fingerprint density at radius 3 is 1.93 bits per heavy atom. The van der Waals surface area contributed by atoms with Gasteiger partial charge in [-0.2, -0.15) is 0 Å². The number of fused-ring (bicyclic) bond motifs is 1. The summed E-state index contributed by atoms with van der Waals surface area (Å²) in [5.74, 6) is -0.900. The van der Waals surface area contributed by atoms with Crippen molar-refractivity contribution in [1.29, 1.82) is 0 Å². The fraction of sp³-hybridized carbons (Fsp3) is 0.310. The Hall–Kier alpha value is -4.38. The van der Waals surface area contributed by atoms with E-state index in [9.17, 15) is 19.2 Å². The predicted octanol–water partition coefficient (Wildman–Crippen LogP) is 5.17. The Kier molecular flexibility index (Phi) is 9.05. The molecule has 1 aliphatic rings.